The first-order valence-corrected chi connectivity index (χ1v) is 9.87. The van der Waals surface area contributed by atoms with E-state index in [-0.39, 0.29) is 28.5 Å². The van der Waals surface area contributed by atoms with Gasteiger partial charge in [0, 0.05) is 36.7 Å². The molecule has 132 valence electrons. The summed E-state index contributed by atoms with van der Waals surface area (Å²) in [5.74, 6) is 0.787. The molecule has 2 atom stereocenters. The molecular formula is C17H31N3O2S. The lowest BCUT2D eigenvalue weighted by atomic mass is 9.96. The van der Waals surface area contributed by atoms with Gasteiger partial charge in [-0.05, 0) is 32.6 Å². The highest BCUT2D eigenvalue weighted by Gasteiger charge is 2.38. The molecule has 2 aliphatic heterocycles. The molecule has 6 heteroatoms. The third-order valence-electron chi connectivity index (χ3n) is 5.61. The van der Waals surface area contributed by atoms with Crippen molar-refractivity contribution < 1.29 is 9.59 Å². The van der Waals surface area contributed by atoms with Crippen LogP contribution in [-0.2, 0) is 9.59 Å². The molecule has 0 spiro atoms. The zero-order chi connectivity index (χ0) is 17.0. The summed E-state index contributed by atoms with van der Waals surface area (Å²) >= 11 is 2.06. The van der Waals surface area contributed by atoms with Gasteiger partial charge in [-0.15, -0.1) is 0 Å². The van der Waals surface area contributed by atoms with Gasteiger partial charge in [0.05, 0.1) is 12.0 Å². The number of carbonyl (C=O) groups is 2. The summed E-state index contributed by atoms with van der Waals surface area (Å²) in [7, 11) is 0. The molecule has 2 aliphatic rings. The number of rotatable bonds is 5. The number of hydrogen-bond donors (Lipinski definition) is 1. The second-order valence-corrected chi connectivity index (χ2v) is 8.47. The lowest BCUT2D eigenvalue weighted by Gasteiger charge is -2.44. The van der Waals surface area contributed by atoms with E-state index in [2.05, 4.69) is 30.5 Å². The van der Waals surface area contributed by atoms with Crippen molar-refractivity contribution in [3.63, 3.8) is 0 Å². The van der Waals surface area contributed by atoms with Gasteiger partial charge in [-0.1, -0.05) is 13.8 Å². The number of likely N-dealkylation sites (tertiary alicyclic amines) is 1. The maximum absolute atomic E-state index is 12.9. The maximum Gasteiger partial charge on any atom is 0.239 e. The summed E-state index contributed by atoms with van der Waals surface area (Å²) in [5.41, 5.74) is 5.43. The topological polar surface area (TPSA) is 66.6 Å². The van der Waals surface area contributed by atoms with E-state index in [1.165, 1.54) is 0 Å². The molecule has 2 heterocycles. The lowest BCUT2D eigenvalue weighted by molar-refractivity contribution is -0.139. The van der Waals surface area contributed by atoms with E-state index in [9.17, 15) is 9.59 Å². The van der Waals surface area contributed by atoms with E-state index in [0.29, 0.717) is 6.54 Å². The largest absolute Gasteiger partial charge is 0.369 e. The van der Waals surface area contributed by atoms with E-state index >= 15 is 0 Å². The van der Waals surface area contributed by atoms with Crippen molar-refractivity contribution in [3.05, 3.63) is 0 Å². The molecule has 5 nitrogen and oxygen atoms in total. The minimum Gasteiger partial charge on any atom is -0.369 e. The molecule has 0 unspecified atom stereocenters. The molecule has 2 fully saturated rings. The van der Waals surface area contributed by atoms with Gasteiger partial charge >= 0.3 is 0 Å². The maximum atomic E-state index is 12.9. The van der Waals surface area contributed by atoms with Crippen LogP contribution in [0.2, 0.25) is 0 Å². The molecule has 0 aromatic heterocycles. The molecule has 0 aromatic carbocycles. The molecule has 2 saturated heterocycles. The highest BCUT2D eigenvalue weighted by Crippen LogP contribution is 2.37. The second kappa shape index (κ2) is 7.88. The fourth-order valence-electron chi connectivity index (χ4n) is 3.71. The number of nitrogens with zero attached hydrogens (tertiary/aromatic N) is 2. The summed E-state index contributed by atoms with van der Waals surface area (Å²) in [4.78, 5) is 28.5. The standard InChI is InChI=1S/C17H31N3O2S/c1-4-17(5-2)12-20(9-10-23-17)13(3)16(22)19-8-6-7-14(11-19)15(18)21/h13-14H,4-12H2,1-3H3,(H2,18,21)/t13-,14-/m1/s1. The van der Waals surface area contributed by atoms with Gasteiger partial charge in [0.25, 0.3) is 0 Å². The Bertz CT molecular complexity index is 440. The Hall–Kier alpha value is -0.750. The SMILES string of the molecule is CCC1(CC)CN([C@H](C)C(=O)N2CCC[C@@H](C(N)=O)C2)CCS1. The zero-order valence-corrected chi connectivity index (χ0v) is 15.5. The summed E-state index contributed by atoms with van der Waals surface area (Å²) in [6.45, 7) is 9.69. The molecule has 2 N–H and O–H groups in total. The lowest BCUT2D eigenvalue weighted by Crippen LogP contribution is -2.56. The summed E-state index contributed by atoms with van der Waals surface area (Å²) in [6, 6.07) is -0.111. The summed E-state index contributed by atoms with van der Waals surface area (Å²) < 4.78 is 0.282. The van der Waals surface area contributed by atoms with Crippen molar-refractivity contribution in [1.82, 2.24) is 9.80 Å². The van der Waals surface area contributed by atoms with Crippen molar-refractivity contribution in [2.45, 2.75) is 57.2 Å². The van der Waals surface area contributed by atoms with Crippen molar-refractivity contribution in [3.8, 4) is 0 Å². The number of thioether (sulfide) groups is 1. The number of primary amides is 1. The van der Waals surface area contributed by atoms with Crippen molar-refractivity contribution in [2.24, 2.45) is 11.7 Å². The van der Waals surface area contributed by atoms with Crippen molar-refractivity contribution >= 4 is 23.6 Å². The van der Waals surface area contributed by atoms with E-state index in [1.54, 1.807) is 0 Å². The smallest absolute Gasteiger partial charge is 0.239 e. The molecular weight excluding hydrogens is 310 g/mol. The average Bonchev–Trinajstić information content (AvgIpc) is 2.60. The Labute approximate surface area is 144 Å². The Morgan fingerprint density at radius 2 is 2.00 bits per heavy atom. The van der Waals surface area contributed by atoms with Crippen LogP contribution >= 0.6 is 11.8 Å². The van der Waals surface area contributed by atoms with Gasteiger partial charge < -0.3 is 10.6 Å². The Morgan fingerprint density at radius 1 is 1.30 bits per heavy atom. The fourth-order valence-corrected chi connectivity index (χ4v) is 5.14. The second-order valence-electron chi connectivity index (χ2n) is 6.91. The van der Waals surface area contributed by atoms with Gasteiger partial charge in [0.1, 0.15) is 0 Å². The summed E-state index contributed by atoms with van der Waals surface area (Å²) in [5, 5.41) is 0. The van der Waals surface area contributed by atoms with Gasteiger partial charge in [-0.3, -0.25) is 14.5 Å². The van der Waals surface area contributed by atoms with Gasteiger partial charge in [-0.25, -0.2) is 0 Å². The van der Waals surface area contributed by atoms with Crippen LogP contribution in [-0.4, -0.2) is 64.3 Å². The number of hydrogen-bond acceptors (Lipinski definition) is 4. The predicted molar refractivity (Wildman–Crippen MR) is 95.3 cm³/mol. The van der Waals surface area contributed by atoms with Crippen LogP contribution in [0.25, 0.3) is 0 Å². The van der Waals surface area contributed by atoms with E-state index < -0.39 is 0 Å². The molecule has 0 aliphatic carbocycles. The molecule has 2 amide bonds. The Morgan fingerprint density at radius 3 is 2.61 bits per heavy atom. The molecule has 0 bridgehead atoms. The first kappa shape index (κ1) is 18.6. The third kappa shape index (κ3) is 4.21. The van der Waals surface area contributed by atoms with Crippen LogP contribution in [0.3, 0.4) is 0 Å². The average molecular weight is 342 g/mol. The quantitative estimate of drug-likeness (QED) is 0.827. The first-order valence-electron chi connectivity index (χ1n) is 8.88. The van der Waals surface area contributed by atoms with E-state index in [1.807, 2.05) is 11.8 Å². The molecule has 0 aromatic rings. The highest BCUT2D eigenvalue weighted by molar-refractivity contribution is 8.00. The zero-order valence-electron chi connectivity index (χ0n) is 14.7. The van der Waals surface area contributed by atoms with Crippen LogP contribution in [0, 0.1) is 5.92 Å². The molecule has 0 radical (unpaired) electrons. The van der Waals surface area contributed by atoms with Crippen molar-refractivity contribution in [2.75, 3.05) is 31.9 Å². The van der Waals surface area contributed by atoms with Crippen LogP contribution in [0.15, 0.2) is 0 Å². The normalized spacial score (nSPS) is 26.7. The van der Waals surface area contributed by atoms with Gasteiger partial charge in [0.2, 0.25) is 11.8 Å². The Kier molecular flexibility index (Phi) is 6.37. The van der Waals surface area contributed by atoms with Gasteiger partial charge in [-0.2, -0.15) is 11.8 Å². The summed E-state index contributed by atoms with van der Waals surface area (Å²) in [6.07, 6.45) is 3.95. The van der Waals surface area contributed by atoms with E-state index in [4.69, 9.17) is 5.73 Å². The van der Waals surface area contributed by atoms with Crippen LogP contribution in [0.5, 0.6) is 0 Å². The number of piperidine rings is 1. The fraction of sp³-hybridized carbons (Fsp3) is 0.882. The minimum absolute atomic E-state index is 0.111. The molecule has 23 heavy (non-hydrogen) atoms. The molecule has 2 rings (SSSR count). The van der Waals surface area contributed by atoms with Crippen LogP contribution in [0.1, 0.15) is 46.5 Å². The first-order chi connectivity index (χ1) is 10.9. The minimum atomic E-state index is -0.277. The van der Waals surface area contributed by atoms with Crippen LogP contribution < -0.4 is 5.73 Å². The van der Waals surface area contributed by atoms with Gasteiger partial charge in [0.15, 0.2) is 0 Å². The predicted octanol–water partition coefficient (Wildman–Crippen LogP) is 1.71. The number of carbonyl (C=O) groups excluding carboxylic acids is 2. The highest BCUT2D eigenvalue weighted by atomic mass is 32.2. The number of nitrogens with two attached hydrogens (primary N) is 1. The number of amides is 2. The van der Waals surface area contributed by atoms with Crippen LogP contribution in [0.4, 0.5) is 0 Å². The van der Waals surface area contributed by atoms with Crippen molar-refractivity contribution in [1.29, 1.82) is 0 Å². The Balaban J connectivity index is 2.00. The monoisotopic (exact) mass is 341 g/mol. The van der Waals surface area contributed by atoms with E-state index in [0.717, 1.165) is 51.1 Å². The third-order valence-corrected chi connectivity index (χ3v) is 7.31. The molecule has 0 saturated carbocycles.